The fraction of sp³-hybridized carbons (Fsp3) is 0.538. The average molecular weight is 207 g/mol. The first-order valence-corrected chi connectivity index (χ1v) is 5.68. The lowest BCUT2D eigenvalue weighted by molar-refractivity contribution is 0.408. The van der Waals surface area contributed by atoms with E-state index in [1.165, 1.54) is 11.1 Å². The van der Waals surface area contributed by atoms with Crippen LogP contribution in [0.3, 0.4) is 0 Å². The number of rotatable bonds is 5. The van der Waals surface area contributed by atoms with Gasteiger partial charge in [0, 0.05) is 5.69 Å². The van der Waals surface area contributed by atoms with E-state index in [-0.39, 0.29) is 0 Å². The van der Waals surface area contributed by atoms with Crippen molar-refractivity contribution in [2.24, 2.45) is 0 Å². The van der Waals surface area contributed by atoms with Crippen LogP contribution in [0.5, 0.6) is 5.75 Å². The summed E-state index contributed by atoms with van der Waals surface area (Å²) in [5, 5.41) is 0. The van der Waals surface area contributed by atoms with Crippen molar-refractivity contribution in [3.63, 3.8) is 0 Å². The molecule has 1 aromatic rings. The van der Waals surface area contributed by atoms with Crippen LogP contribution in [0.15, 0.2) is 12.1 Å². The number of benzene rings is 1. The van der Waals surface area contributed by atoms with E-state index in [1.807, 2.05) is 12.1 Å². The molecule has 0 heterocycles. The third kappa shape index (κ3) is 2.65. The van der Waals surface area contributed by atoms with Crippen molar-refractivity contribution in [2.45, 2.75) is 39.5 Å². The third-order valence-corrected chi connectivity index (χ3v) is 2.64. The van der Waals surface area contributed by atoms with Crippen molar-refractivity contribution < 1.29 is 4.74 Å². The zero-order valence-corrected chi connectivity index (χ0v) is 9.97. The van der Waals surface area contributed by atoms with Gasteiger partial charge in [0.25, 0.3) is 0 Å². The zero-order valence-electron chi connectivity index (χ0n) is 9.97. The molecule has 2 nitrogen and oxygen atoms in total. The van der Waals surface area contributed by atoms with Crippen molar-refractivity contribution in [1.82, 2.24) is 0 Å². The summed E-state index contributed by atoms with van der Waals surface area (Å²) in [6.45, 7) is 4.35. The molecule has 0 amide bonds. The highest BCUT2D eigenvalue weighted by molar-refractivity contribution is 5.56. The van der Waals surface area contributed by atoms with Crippen LogP contribution in [0.2, 0.25) is 0 Å². The van der Waals surface area contributed by atoms with Crippen molar-refractivity contribution in [3.8, 4) is 5.75 Å². The van der Waals surface area contributed by atoms with Crippen LogP contribution in [0.1, 0.15) is 37.8 Å². The quantitative estimate of drug-likeness (QED) is 0.753. The molecule has 1 aromatic carbocycles. The maximum Gasteiger partial charge on any atom is 0.122 e. The topological polar surface area (TPSA) is 35.2 Å². The molecule has 15 heavy (non-hydrogen) atoms. The highest BCUT2D eigenvalue weighted by atomic mass is 16.5. The predicted octanol–water partition coefficient (Wildman–Crippen LogP) is 3.18. The Balaban J connectivity index is 3.17. The van der Waals surface area contributed by atoms with Crippen molar-refractivity contribution in [3.05, 3.63) is 23.3 Å². The molecule has 0 unspecified atom stereocenters. The summed E-state index contributed by atoms with van der Waals surface area (Å²) in [5.74, 6) is 0.981. The molecule has 0 saturated heterocycles. The minimum atomic E-state index is 0.904. The van der Waals surface area contributed by atoms with Crippen LogP contribution >= 0.6 is 0 Å². The van der Waals surface area contributed by atoms with Gasteiger partial charge in [0.15, 0.2) is 0 Å². The number of nitrogens with two attached hydrogens (primary N) is 1. The Morgan fingerprint density at radius 1 is 1.07 bits per heavy atom. The maximum absolute atomic E-state index is 6.01. The molecule has 0 spiro atoms. The van der Waals surface area contributed by atoms with E-state index in [0.29, 0.717) is 0 Å². The summed E-state index contributed by atoms with van der Waals surface area (Å²) >= 11 is 0. The third-order valence-electron chi connectivity index (χ3n) is 2.64. The first-order chi connectivity index (χ1) is 7.24. The summed E-state index contributed by atoms with van der Waals surface area (Å²) in [7, 11) is 1.72. The summed E-state index contributed by atoms with van der Waals surface area (Å²) < 4.78 is 5.38. The monoisotopic (exact) mass is 207 g/mol. The molecule has 1 rings (SSSR count). The van der Waals surface area contributed by atoms with E-state index in [9.17, 15) is 0 Å². The second-order valence-corrected chi connectivity index (χ2v) is 3.81. The van der Waals surface area contributed by atoms with Crippen molar-refractivity contribution in [2.75, 3.05) is 12.8 Å². The minimum absolute atomic E-state index is 0.904. The van der Waals surface area contributed by atoms with Gasteiger partial charge in [-0.3, -0.25) is 0 Å². The Kier molecular flexibility index (Phi) is 4.47. The number of hydrogen-bond acceptors (Lipinski definition) is 2. The fourth-order valence-corrected chi connectivity index (χ4v) is 1.95. The molecule has 0 aromatic heterocycles. The van der Waals surface area contributed by atoms with Crippen molar-refractivity contribution in [1.29, 1.82) is 0 Å². The van der Waals surface area contributed by atoms with Crippen LogP contribution in [-0.2, 0) is 12.8 Å². The van der Waals surface area contributed by atoms with Gasteiger partial charge in [-0.15, -0.1) is 0 Å². The smallest absolute Gasteiger partial charge is 0.122 e. The normalized spacial score (nSPS) is 10.3. The molecule has 0 fully saturated rings. The Morgan fingerprint density at radius 2 is 1.67 bits per heavy atom. The van der Waals surface area contributed by atoms with E-state index in [0.717, 1.165) is 37.1 Å². The van der Waals surface area contributed by atoms with Gasteiger partial charge >= 0.3 is 0 Å². The van der Waals surface area contributed by atoms with E-state index in [1.54, 1.807) is 7.11 Å². The summed E-state index contributed by atoms with van der Waals surface area (Å²) in [5.41, 5.74) is 9.48. The summed E-state index contributed by atoms with van der Waals surface area (Å²) in [6.07, 6.45) is 4.33. The first kappa shape index (κ1) is 11.9. The Labute approximate surface area is 92.4 Å². The minimum Gasteiger partial charge on any atom is -0.496 e. The number of nitrogen functional groups attached to an aromatic ring is 1. The molecule has 0 aliphatic carbocycles. The van der Waals surface area contributed by atoms with Gasteiger partial charge in [-0.1, -0.05) is 26.7 Å². The molecule has 0 bridgehead atoms. The summed E-state index contributed by atoms with van der Waals surface area (Å²) in [4.78, 5) is 0. The van der Waals surface area contributed by atoms with Gasteiger partial charge in [-0.2, -0.15) is 0 Å². The zero-order chi connectivity index (χ0) is 11.3. The van der Waals surface area contributed by atoms with E-state index < -0.39 is 0 Å². The number of anilines is 1. The molecular formula is C13H21NO. The molecule has 0 atom stereocenters. The number of hydrogen-bond donors (Lipinski definition) is 1. The van der Waals surface area contributed by atoms with Crippen LogP contribution in [0.25, 0.3) is 0 Å². The fourth-order valence-electron chi connectivity index (χ4n) is 1.95. The standard InChI is InChI=1S/C13H21NO/c1-4-6-10-11(7-5-2)13(15-3)9-8-12(10)14/h8-9H,4-7,14H2,1-3H3. The van der Waals surface area contributed by atoms with Crippen LogP contribution in [-0.4, -0.2) is 7.11 Å². The molecule has 0 radical (unpaired) electrons. The lowest BCUT2D eigenvalue weighted by Gasteiger charge is -2.15. The highest BCUT2D eigenvalue weighted by Crippen LogP contribution is 2.29. The molecular weight excluding hydrogens is 186 g/mol. The van der Waals surface area contributed by atoms with Gasteiger partial charge in [0.1, 0.15) is 5.75 Å². The van der Waals surface area contributed by atoms with Gasteiger partial charge in [0.05, 0.1) is 7.11 Å². The van der Waals surface area contributed by atoms with E-state index in [4.69, 9.17) is 10.5 Å². The Morgan fingerprint density at radius 3 is 2.20 bits per heavy atom. The predicted molar refractivity (Wildman–Crippen MR) is 65.4 cm³/mol. The van der Waals surface area contributed by atoms with E-state index in [2.05, 4.69) is 13.8 Å². The average Bonchev–Trinajstić information content (AvgIpc) is 2.24. The molecule has 0 aliphatic heterocycles. The first-order valence-electron chi connectivity index (χ1n) is 5.68. The largest absolute Gasteiger partial charge is 0.496 e. The second kappa shape index (κ2) is 5.64. The van der Waals surface area contributed by atoms with E-state index >= 15 is 0 Å². The van der Waals surface area contributed by atoms with Gasteiger partial charge in [-0.05, 0) is 36.1 Å². The molecule has 0 aliphatic rings. The van der Waals surface area contributed by atoms with Gasteiger partial charge < -0.3 is 10.5 Å². The summed E-state index contributed by atoms with van der Waals surface area (Å²) in [6, 6.07) is 3.92. The van der Waals surface area contributed by atoms with Crippen LogP contribution < -0.4 is 10.5 Å². The van der Waals surface area contributed by atoms with Crippen LogP contribution in [0, 0.1) is 0 Å². The SMILES string of the molecule is CCCc1c(N)ccc(OC)c1CCC. The Hall–Kier alpha value is -1.18. The van der Waals surface area contributed by atoms with Gasteiger partial charge in [-0.25, -0.2) is 0 Å². The molecule has 0 saturated carbocycles. The van der Waals surface area contributed by atoms with Crippen LogP contribution in [0.4, 0.5) is 5.69 Å². The Bertz CT molecular complexity index is 321. The molecule has 84 valence electrons. The maximum atomic E-state index is 6.01. The lowest BCUT2D eigenvalue weighted by atomic mass is 9.97. The lowest BCUT2D eigenvalue weighted by Crippen LogP contribution is -2.03. The number of ether oxygens (including phenoxy) is 1. The highest BCUT2D eigenvalue weighted by Gasteiger charge is 2.10. The van der Waals surface area contributed by atoms with Crippen molar-refractivity contribution >= 4 is 5.69 Å². The number of methoxy groups -OCH3 is 1. The second-order valence-electron chi connectivity index (χ2n) is 3.81. The van der Waals surface area contributed by atoms with Gasteiger partial charge in [0.2, 0.25) is 0 Å². The molecule has 2 N–H and O–H groups in total. The molecule has 2 heteroatoms.